The van der Waals surface area contributed by atoms with Crippen LogP contribution in [0.3, 0.4) is 0 Å². The van der Waals surface area contributed by atoms with Crippen molar-refractivity contribution in [1.29, 1.82) is 0 Å². The zero-order valence-corrected chi connectivity index (χ0v) is 18.8. The van der Waals surface area contributed by atoms with Gasteiger partial charge in [-0.05, 0) is 77.8 Å². The number of hydrogen-bond acceptors (Lipinski definition) is 3. The van der Waals surface area contributed by atoms with E-state index >= 15 is 0 Å². The highest BCUT2D eigenvalue weighted by atomic mass is 16.5. The maximum Gasteiger partial charge on any atom is 0.162 e. The number of pyridine rings is 1. The summed E-state index contributed by atoms with van der Waals surface area (Å²) in [7, 11) is 1.72. The fraction of sp³-hybridized carbons (Fsp3) is 0.276. The van der Waals surface area contributed by atoms with E-state index in [0.717, 1.165) is 47.6 Å². The van der Waals surface area contributed by atoms with Crippen molar-refractivity contribution in [2.24, 2.45) is 0 Å². The molecular weight excluding hydrogens is 394 g/mol. The second kappa shape index (κ2) is 9.04. The van der Waals surface area contributed by atoms with Crippen LogP contribution in [0.4, 0.5) is 0 Å². The van der Waals surface area contributed by atoms with E-state index in [-0.39, 0.29) is 6.10 Å². The number of aryl methyl sites for hydroxylation is 1. The predicted octanol–water partition coefficient (Wildman–Crippen LogP) is 7.46. The Morgan fingerprint density at radius 3 is 2.44 bits per heavy atom. The van der Waals surface area contributed by atoms with E-state index in [1.807, 2.05) is 12.3 Å². The Hall–Kier alpha value is -3.33. The first kappa shape index (κ1) is 20.6. The Labute approximate surface area is 190 Å². The zero-order valence-electron chi connectivity index (χ0n) is 18.8. The second-order valence-corrected chi connectivity index (χ2v) is 8.46. The lowest BCUT2D eigenvalue weighted by Crippen LogP contribution is -2.12. The van der Waals surface area contributed by atoms with Crippen LogP contribution in [-0.4, -0.2) is 18.2 Å². The smallest absolute Gasteiger partial charge is 0.162 e. The van der Waals surface area contributed by atoms with Crippen LogP contribution >= 0.6 is 0 Å². The van der Waals surface area contributed by atoms with Crippen molar-refractivity contribution in [2.45, 2.75) is 45.1 Å². The lowest BCUT2D eigenvalue weighted by Gasteiger charge is -2.21. The molecule has 162 valence electrons. The molecule has 1 heterocycles. The van der Waals surface area contributed by atoms with Crippen LogP contribution in [0.5, 0.6) is 11.5 Å². The fourth-order valence-electron chi connectivity index (χ4n) is 4.84. The van der Waals surface area contributed by atoms with Gasteiger partial charge in [0.2, 0.25) is 0 Å². The van der Waals surface area contributed by atoms with Gasteiger partial charge in [-0.25, -0.2) is 0 Å². The van der Waals surface area contributed by atoms with Gasteiger partial charge < -0.3 is 9.47 Å². The quantitative estimate of drug-likeness (QED) is 0.322. The molecule has 5 rings (SSSR count). The number of nitrogens with zero attached hydrogens (tertiary/aromatic N) is 1. The first-order chi connectivity index (χ1) is 15.8. The molecule has 1 aromatic heterocycles. The van der Waals surface area contributed by atoms with Crippen molar-refractivity contribution < 1.29 is 9.47 Å². The van der Waals surface area contributed by atoms with Gasteiger partial charge in [-0.2, -0.15) is 0 Å². The van der Waals surface area contributed by atoms with E-state index < -0.39 is 0 Å². The number of rotatable bonds is 6. The van der Waals surface area contributed by atoms with E-state index in [1.165, 1.54) is 34.7 Å². The Balaban J connectivity index is 1.76. The van der Waals surface area contributed by atoms with Crippen molar-refractivity contribution in [3.05, 3.63) is 78.5 Å². The van der Waals surface area contributed by atoms with Crippen LogP contribution in [0.15, 0.2) is 72.9 Å². The highest BCUT2D eigenvalue weighted by Gasteiger charge is 2.22. The van der Waals surface area contributed by atoms with Crippen LogP contribution in [0.1, 0.15) is 38.2 Å². The standard InChI is InChI=1S/C29H29NO2/c1-3-20-12-9-17-30-29(20)26-19-28(32-22-13-5-6-14-22)27(31-2)18-25(26)24-16-8-11-21-10-4-7-15-23(21)24/h4,7-12,15-19,22H,3,5-6,13-14H2,1-2H3. The number of ether oxygens (including phenoxy) is 2. The molecule has 0 unspecified atom stereocenters. The summed E-state index contributed by atoms with van der Waals surface area (Å²) in [5, 5.41) is 2.44. The van der Waals surface area contributed by atoms with Gasteiger partial charge in [0.05, 0.1) is 18.9 Å². The van der Waals surface area contributed by atoms with Crippen LogP contribution < -0.4 is 9.47 Å². The highest BCUT2D eigenvalue weighted by Crippen LogP contribution is 2.44. The Bertz CT molecular complexity index is 1240. The molecular formula is C29H29NO2. The van der Waals surface area contributed by atoms with E-state index in [0.29, 0.717) is 0 Å². The van der Waals surface area contributed by atoms with E-state index in [4.69, 9.17) is 14.5 Å². The van der Waals surface area contributed by atoms with Gasteiger partial charge in [-0.1, -0.05) is 55.5 Å². The lowest BCUT2D eigenvalue weighted by atomic mass is 9.91. The minimum atomic E-state index is 0.259. The van der Waals surface area contributed by atoms with Crippen molar-refractivity contribution in [1.82, 2.24) is 4.98 Å². The summed E-state index contributed by atoms with van der Waals surface area (Å²) in [6.07, 6.45) is 7.73. The number of aromatic nitrogens is 1. The van der Waals surface area contributed by atoms with Gasteiger partial charge in [0, 0.05) is 11.8 Å². The summed E-state index contributed by atoms with van der Waals surface area (Å²) < 4.78 is 12.3. The van der Waals surface area contributed by atoms with Crippen LogP contribution in [0.2, 0.25) is 0 Å². The van der Waals surface area contributed by atoms with E-state index in [9.17, 15) is 0 Å². The second-order valence-electron chi connectivity index (χ2n) is 8.46. The summed E-state index contributed by atoms with van der Waals surface area (Å²) >= 11 is 0. The average molecular weight is 424 g/mol. The minimum absolute atomic E-state index is 0.259. The van der Waals surface area contributed by atoms with Crippen LogP contribution in [0, 0.1) is 0 Å². The molecule has 4 aromatic rings. The monoisotopic (exact) mass is 423 g/mol. The molecule has 0 bridgehead atoms. The fourth-order valence-corrected chi connectivity index (χ4v) is 4.84. The Morgan fingerprint density at radius 2 is 1.62 bits per heavy atom. The third-order valence-corrected chi connectivity index (χ3v) is 6.51. The molecule has 0 saturated heterocycles. The van der Waals surface area contributed by atoms with Gasteiger partial charge in [0.25, 0.3) is 0 Å². The Morgan fingerprint density at radius 1 is 0.844 bits per heavy atom. The third kappa shape index (κ3) is 3.84. The number of hydrogen-bond donors (Lipinski definition) is 0. The average Bonchev–Trinajstić information content (AvgIpc) is 3.36. The van der Waals surface area contributed by atoms with Crippen molar-refractivity contribution in [3.8, 4) is 33.9 Å². The number of fused-ring (bicyclic) bond motifs is 1. The first-order valence-corrected chi connectivity index (χ1v) is 11.6. The molecule has 1 aliphatic carbocycles. The van der Waals surface area contributed by atoms with Gasteiger partial charge in [0.1, 0.15) is 0 Å². The number of benzene rings is 3. The van der Waals surface area contributed by atoms with Crippen molar-refractivity contribution in [3.63, 3.8) is 0 Å². The molecule has 0 amide bonds. The molecule has 3 aromatic carbocycles. The van der Waals surface area contributed by atoms with Gasteiger partial charge >= 0.3 is 0 Å². The normalized spacial score (nSPS) is 14.1. The molecule has 32 heavy (non-hydrogen) atoms. The molecule has 0 radical (unpaired) electrons. The van der Waals surface area contributed by atoms with Crippen molar-refractivity contribution in [2.75, 3.05) is 7.11 Å². The maximum atomic E-state index is 6.46. The topological polar surface area (TPSA) is 31.4 Å². The van der Waals surface area contributed by atoms with Crippen molar-refractivity contribution >= 4 is 10.8 Å². The van der Waals surface area contributed by atoms with Gasteiger partial charge in [-0.3, -0.25) is 4.98 Å². The van der Waals surface area contributed by atoms with E-state index in [1.54, 1.807) is 7.11 Å². The van der Waals surface area contributed by atoms with Gasteiger partial charge in [-0.15, -0.1) is 0 Å². The molecule has 3 heteroatoms. The van der Waals surface area contributed by atoms with Gasteiger partial charge in [0.15, 0.2) is 11.5 Å². The lowest BCUT2D eigenvalue weighted by molar-refractivity contribution is 0.201. The summed E-state index contributed by atoms with van der Waals surface area (Å²) in [6.45, 7) is 2.18. The molecule has 0 spiro atoms. The van der Waals surface area contributed by atoms with Crippen LogP contribution in [0.25, 0.3) is 33.2 Å². The molecule has 0 aliphatic heterocycles. The predicted molar refractivity (Wildman–Crippen MR) is 131 cm³/mol. The molecule has 0 atom stereocenters. The molecule has 0 N–H and O–H groups in total. The van der Waals surface area contributed by atoms with E-state index in [2.05, 4.69) is 67.6 Å². The molecule has 1 aliphatic rings. The molecule has 1 saturated carbocycles. The number of methoxy groups -OCH3 is 1. The zero-order chi connectivity index (χ0) is 21.9. The summed E-state index contributed by atoms with van der Waals surface area (Å²) in [4.78, 5) is 4.82. The SMILES string of the molecule is CCc1cccnc1-c1cc(OC2CCCC2)c(OC)cc1-c1cccc2ccccc12. The summed E-state index contributed by atoms with van der Waals surface area (Å²) in [5.41, 5.74) is 5.62. The molecule has 1 fully saturated rings. The third-order valence-electron chi connectivity index (χ3n) is 6.51. The molecule has 3 nitrogen and oxygen atoms in total. The highest BCUT2D eigenvalue weighted by molar-refractivity contribution is 6.01. The largest absolute Gasteiger partial charge is 0.493 e. The Kier molecular flexibility index (Phi) is 5.81. The van der Waals surface area contributed by atoms with Crippen LogP contribution in [-0.2, 0) is 6.42 Å². The maximum absolute atomic E-state index is 6.46. The first-order valence-electron chi connectivity index (χ1n) is 11.6. The minimum Gasteiger partial charge on any atom is -0.493 e. The summed E-state index contributed by atoms with van der Waals surface area (Å²) in [5.74, 6) is 1.59. The summed E-state index contributed by atoms with van der Waals surface area (Å²) in [6, 6.07) is 23.4.